The SMILES string of the molecule is CCn1c(SC(=O)Cc2ccc(Cl)cc2)nc2ccccc21. The number of carbonyl (C=O) groups excluding carboxylic acids is 1. The lowest BCUT2D eigenvalue weighted by Crippen LogP contribution is -2.02. The average molecular weight is 331 g/mol. The Hall–Kier alpha value is -1.78. The number of halogens is 1. The van der Waals surface area contributed by atoms with E-state index in [1.54, 1.807) is 12.1 Å². The zero-order valence-electron chi connectivity index (χ0n) is 12.1. The van der Waals surface area contributed by atoms with Crippen LogP contribution in [0.4, 0.5) is 0 Å². The molecule has 22 heavy (non-hydrogen) atoms. The summed E-state index contributed by atoms with van der Waals surface area (Å²) in [7, 11) is 0. The predicted molar refractivity (Wildman–Crippen MR) is 91.4 cm³/mol. The van der Waals surface area contributed by atoms with Crippen LogP contribution in [0.2, 0.25) is 5.02 Å². The number of fused-ring (bicyclic) bond motifs is 1. The van der Waals surface area contributed by atoms with Crippen molar-refractivity contribution in [2.24, 2.45) is 0 Å². The molecule has 0 unspecified atom stereocenters. The van der Waals surface area contributed by atoms with Crippen LogP contribution >= 0.6 is 23.4 Å². The predicted octanol–water partition coefficient (Wildman–Crippen LogP) is 4.57. The molecule has 0 N–H and O–H groups in total. The highest BCUT2D eigenvalue weighted by molar-refractivity contribution is 8.13. The largest absolute Gasteiger partial charge is 0.319 e. The van der Waals surface area contributed by atoms with E-state index in [1.807, 2.05) is 36.4 Å². The highest BCUT2D eigenvalue weighted by atomic mass is 35.5. The Morgan fingerprint density at radius 2 is 1.91 bits per heavy atom. The maximum absolute atomic E-state index is 12.3. The maximum atomic E-state index is 12.3. The van der Waals surface area contributed by atoms with Gasteiger partial charge < -0.3 is 4.57 Å². The fraction of sp³-hybridized carbons (Fsp3) is 0.176. The fourth-order valence-corrected chi connectivity index (χ4v) is 3.39. The molecule has 0 radical (unpaired) electrons. The molecular formula is C17H15ClN2OS. The van der Waals surface area contributed by atoms with Gasteiger partial charge in [0.05, 0.1) is 11.0 Å². The van der Waals surface area contributed by atoms with E-state index in [0.717, 1.165) is 28.3 Å². The lowest BCUT2D eigenvalue weighted by molar-refractivity contribution is -0.110. The van der Waals surface area contributed by atoms with Gasteiger partial charge in [0.1, 0.15) is 0 Å². The number of nitrogens with zero attached hydrogens (tertiary/aromatic N) is 2. The number of hydrogen-bond donors (Lipinski definition) is 0. The van der Waals surface area contributed by atoms with Crippen LogP contribution in [-0.2, 0) is 17.8 Å². The molecule has 0 fully saturated rings. The lowest BCUT2D eigenvalue weighted by Gasteiger charge is -2.05. The fourth-order valence-electron chi connectivity index (χ4n) is 2.34. The molecule has 0 aliphatic carbocycles. The van der Waals surface area contributed by atoms with E-state index >= 15 is 0 Å². The Balaban J connectivity index is 1.80. The van der Waals surface area contributed by atoms with Crippen molar-refractivity contribution < 1.29 is 4.79 Å². The number of carbonyl (C=O) groups is 1. The molecule has 0 spiro atoms. The Morgan fingerprint density at radius 3 is 2.64 bits per heavy atom. The number of thioether (sulfide) groups is 1. The highest BCUT2D eigenvalue weighted by Gasteiger charge is 2.14. The van der Waals surface area contributed by atoms with Crippen LogP contribution in [0.25, 0.3) is 11.0 Å². The third-order valence-corrected chi connectivity index (χ3v) is 4.52. The molecule has 1 aromatic heterocycles. The minimum absolute atomic E-state index is 0.0762. The van der Waals surface area contributed by atoms with Crippen LogP contribution in [-0.4, -0.2) is 14.7 Å². The van der Waals surface area contributed by atoms with E-state index in [1.165, 1.54) is 11.8 Å². The minimum Gasteiger partial charge on any atom is -0.319 e. The third kappa shape index (κ3) is 3.18. The van der Waals surface area contributed by atoms with Crippen molar-refractivity contribution in [3.8, 4) is 0 Å². The monoisotopic (exact) mass is 330 g/mol. The molecule has 3 aromatic rings. The van der Waals surface area contributed by atoms with Gasteiger partial charge in [-0.3, -0.25) is 4.79 Å². The second kappa shape index (κ2) is 6.55. The summed E-state index contributed by atoms with van der Waals surface area (Å²) in [6.07, 6.45) is 0.370. The molecule has 3 nitrogen and oxygen atoms in total. The minimum atomic E-state index is 0.0762. The summed E-state index contributed by atoms with van der Waals surface area (Å²) < 4.78 is 2.07. The van der Waals surface area contributed by atoms with Gasteiger partial charge in [-0.2, -0.15) is 0 Å². The molecule has 0 aliphatic rings. The topological polar surface area (TPSA) is 34.9 Å². The number of hydrogen-bond acceptors (Lipinski definition) is 3. The van der Waals surface area contributed by atoms with Gasteiger partial charge in [-0.15, -0.1) is 0 Å². The molecule has 5 heteroatoms. The Kier molecular flexibility index (Phi) is 4.50. The molecule has 0 saturated heterocycles. The van der Waals surface area contributed by atoms with Crippen LogP contribution in [0.1, 0.15) is 12.5 Å². The van der Waals surface area contributed by atoms with Gasteiger partial charge in [0.15, 0.2) is 5.16 Å². The molecule has 0 atom stereocenters. The van der Waals surface area contributed by atoms with Gasteiger partial charge in [0.2, 0.25) is 5.12 Å². The second-order valence-corrected chi connectivity index (χ2v) is 6.37. The van der Waals surface area contributed by atoms with Gasteiger partial charge >= 0.3 is 0 Å². The standard InChI is InChI=1S/C17H15ClN2OS/c1-2-20-15-6-4-3-5-14(15)19-17(20)22-16(21)11-12-7-9-13(18)10-8-12/h3-10H,2,11H2,1H3. The molecule has 112 valence electrons. The van der Waals surface area contributed by atoms with Crippen LogP contribution in [0.5, 0.6) is 0 Å². The van der Waals surface area contributed by atoms with Gasteiger partial charge in [0, 0.05) is 18.0 Å². The number of aromatic nitrogens is 2. The van der Waals surface area contributed by atoms with Gasteiger partial charge in [-0.05, 0) is 48.5 Å². The number of rotatable bonds is 4. The zero-order chi connectivity index (χ0) is 15.5. The summed E-state index contributed by atoms with van der Waals surface area (Å²) >= 11 is 7.06. The van der Waals surface area contributed by atoms with Gasteiger partial charge in [0.25, 0.3) is 0 Å². The molecule has 0 bridgehead atoms. The quantitative estimate of drug-likeness (QED) is 0.657. The number of imidazole rings is 1. The summed E-state index contributed by atoms with van der Waals surface area (Å²) in [6.45, 7) is 2.85. The summed E-state index contributed by atoms with van der Waals surface area (Å²) in [4.78, 5) is 16.9. The van der Waals surface area contributed by atoms with Crippen molar-refractivity contribution in [3.05, 3.63) is 59.1 Å². The van der Waals surface area contributed by atoms with Crippen molar-refractivity contribution in [1.29, 1.82) is 0 Å². The third-order valence-electron chi connectivity index (χ3n) is 3.40. The van der Waals surface area contributed by atoms with Gasteiger partial charge in [-0.25, -0.2) is 4.98 Å². The van der Waals surface area contributed by atoms with Crippen LogP contribution in [0, 0.1) is 0 Å². The van der Waals surface area contributed by atoms with E-state index in [0.29, 0.717) is 11.4 Å². The molecule has 0 aliphatic heterocycles. The van der Waals surface area contributed by atoms with Crippen LogP contribution in [0.3, 0.4) is 0 Å². The van der Waals surface area contributed by atoms with Crippen molar-refractivity contribution in [3.63, 3.8) is 0 Å². The molecular weight excluding hydrogens is 316 g/mol. The first-order valence-corrected chi connectivity index (χ1v) is 8.27. The molecule has 0 saturated carbocycles. The Morgan fingerprint density at radius 1 is 1.18 bits per heavy atom. The molecule has 3 rings (SSSR count). The van der Waals surface area contributed by atoms with Crippen molar-refractivity contribution >= 4 is 39.5 Å². The Bertz CT molecular complexity index is 811. The summed E-state index contributed by atoms with van der Waals surface area (Å²) in [5, 5.41) is 1.51. The summed E-state index contributed by atoms with van der Waals surface area (Å²) in [6, 6.07) is 15.3. The molecule has 1 heterocycles. The van der Waals surface area contributed by atoms with Crippen LogP contribution < -0.4 is 0 Å². The maximum Gasteiger partial charge on any atom is 0.200 e. The summed E-state index contributed by atoms with van der Waals surface area (Å²) in [5.74, 6) is 0. The first-order chi connectivity index (χ1) is 10.7. The lowest BCUT2D eigenvalue weighted by atomic mass is 10.2. The van der Waals surface area contributed by atoms with Crippen LogP contribution in [0.15, 0.2) is 53.7 Å². The molecule has 2 aromatic carbocycles. The molecule has 0 amide bonds. The van der Waals surface area contributed by atoms with Crippen molar-refractivity contribution in [2.75, 3.05) is 0 Å². The van der Waals surface area contributed by atoms with E-state index in [9.17, 15) is 4.79 Å². The van der Waals surface area contributed by atoms with E-state index < -0.39 is 0 Å². The van der Waals surface area contributed by atoms with Crippen molar-refractivity contribution in [2.45, 2.75) is 25.0 Å². The summed E-state index contributed by atoms with van der Waals surface area (Å²) in [5.41, 5.74) is 2.94. The first-order valence-electron chi connectivity index (χ1n) is 7.07. The number of benzene rings is 2. The van der Waals surface area contributed by atoms with E-state index in [2.05, 4.69) is 16.5 Å². The second-order valence-electron chi connectivity index (χ2n) is 4.90. The zero-order valence-corrected chi connectivity index (χ0v) is 13.7. The normalized spacial score (nSPS) is 11.0. The highest BCUT2D eigenvalue weighted by Crippen LogP contribution is 2.25. The Labute approximate surface area is 138 Å². The van der Waals surface area contributed by atoms with E-state index in [-0.39, 0.29) is 5.12 Å². The smallest absolute Gasteiger partial charge is 0.200 e. The number of para-hydroxylation sites is 2. The van der Waals surface area contributed by atoms with E-state index in [4.69, 9.17) is 11.6 Å². The first kappa shape index (κ1) is 15.1. The van der Waals surface area contributed by atoms with Crippen molar-refractivity contribution in [1.82, 2.24) is 9.55 Å². The van der Waals surface area contributed by atoms with Gasteiger partial charge in [-0.1, -0.05) is 35.9 Å². The average Bonchev–Trinajstić information content (AvgIpc) is 2.86. The number of aryl methyl sites for hydroxylation is 1.